The molecule has 5 nitrogen and oxygen atoms in total. The number of aryl methyl sites for hydroxylation is 1. The van der Waals surface area contributed by atoms with Gasteiger partial charge in [-0.25, -0.2) is 13.4 Å². The van der Waals surface area contributed by atoms with Crippen molar-refractivity contribution in [1.82, 2.24) is 9.29 Å². The van der Waals surface area contributed by atoms with E-state index < -0.39 is 10.0 Å². The Balaban J connectivity index is 2.35. The second kappa shape index (κ2) is 6.13. The van der Waals surface area contributed by atoms with Crippen LogP contribution >= 0.6 is 11.3 Å². The quantitative estimate of drug-likeness (QED) is 0.857. The largest absolute Gasteiger partial charge is 0.399 e. The van der Waals surface area contributed by atoms with Crippen molar-refractivity contribution in [3.05, 3.63) is 41.0 Å². The van der Waals surface area contributed by atoms with E-state index in [9.17, 15) is 8.42 Å². The predicted octanol–water partition coefficient (Wildman–Crippen LogP) is 2.63. The Bertz CT molecular complexity index is 723. The number of hydrogen-bond donors (Lipinski definition) is 1. The summed E-state index contributed by atoms with van der Waals surface area (Å²) in [6.45, 7) is 5.80. The van der Waals surface area contributed by atoms with Crippen LogP contribution in [-0.2, 0) is 16.6 Å². The van der Waals surface area contributed by atoms with Crippen LogP contribution in [0.5, 0.6) is 0 Å². The minimum Gasteiger partial charge on any atom is -0.399 e. The molecule has 0 amide bonds. The Hall–Kier alpha value is -1.44. The molecule has 2 aromatic rings. The number of anilines is 1. The molecule has 0 aliphatic carbocycles. The maximum absolute atomic E-state index is 12.7. The van der Waals surface area contributed by atoms with E-state index in [0.29, 0.717) is 12.2 Å². The smallest absolute Gasteiger partial charge is 0.254 e. The molecule has 2 N–H and O–H groups in total. The highest BCUT2D eigenvalue weighted by Crippen LogP contribution is 2.25. The molecule has 0 saturated heterocycles. The lowest BCUT2D eigenvalue weighted by Gasteiger charge is -2.25. The molecule has 7 heteroatoms. The van der Waals surface area contributed by atoms with Gasteiger partial charge in [0.2, 0.25) is 0 Å². The van der Waals surface area contributed by atoms with E-state index in [1.54, 1.807) is 19.1 Å². The normalized spacial score (nSPS) is 12.2. The van der Waals surface area contributed by atoms with Gasteiger partial charge in [-0.15, -0.1) is 11.3 Å². The molecule has 0 atom stereocenters. The van der Waals surface area contributed by atoms with Crippen LogP contribution in [0.3, 0.4) is 0 Å². The van der Waals surface area contributed by atoms with Crippen molar-refractivity contribution in [3.8, 4) is 0 Å². The first-order valence-electron chi connectivity index (χ1n) is 6.59. The number of benzene rings is 1. The van der Waals surface area contributed by atoms with Gasteiger partial charge in [0.15, 0.2) is 4.21 Å². The summed E-state index contributed by atoms with van der Waals surface area (Å²) in [7, 11) is -3.54. The number of hydrogen-bond acceptors (Lipinski definition) is 5. The van der Waals surface area contributed by atoms with Crippen LogP contribution in [0.4, 0.5) is 5.69 Å². The molecule has 1 aromatic carbocycles. The van der Waals surface area contributed by atoms with Crippen LogP contribution in [0, 0.1) is 6.92 Å². The van der Waals surface area contributed by atoms with Crippen LogP contribution in [0.25, 0.3) is 0 Å². The predicted molar refractivity (Wildman–Crippen MR) is 85.6 cm³/mol. The molecule has 1 aromatic heterocycles. The maximum atomic E-state index is 12.7. The van der Waals surface area contributed by atoms with Gasteiger partial charge in [0, 0.05) is 18.3 Å². The van der Waals surface area contributed by atoms with E-state index in [0.717, 1.165) is 10.6 Å². The molecule has 21 heavy (non-hydrogen) atoms. The van der Waals surface area contributed by atoms with Crippen molar-refractivity contribution in [3.63, 3.8) is 0 Å². The summed E-state index contributed by atoms with van der Waals surface area (Å²) in [6.07, 6.45) is 1.42. The second-order valence-corrected chi connectivity index (χ2v) is 8.44. The van der Waals surface area contributed by atoms with E-state index in [1.807, 2.05) is 26.0 Å². The van der Waals surface area contributed by atoms with E-state index in [4.69, 9.17) is 5.73 Å². The highest BCUT2D eigenvalue weighted by molar-refractivity contribution is 7.91. The molecule has 1 heterocycles. The summed E-state index contributed by atoms with van der Waals surface area (Å²) < 4.78 is 27.2. The zero-order valence-corrected chi connectivity index (χ0v) is 13.9. The molecule has 0 spiro atoms. The average molecular weight is 325 g/mol. The molecule has 0 bridgehead atoms. The Kier molecular flexibility index (Phi) is 4.65. The third kappa shape index (κ3) is 3.61. The summed E-state index contributed by atoms with van der Waals surface area (Å²) in [5.74, 6) is 0. The van der Waals surface area contributed by atoms with Crippen LogP contribution in [-0.4, -0.2) is 23.7 Å². The Morgan fingerprint density at radius 3 is 2.62 bits per heavy atom. The monoisotopic (exact) mass is 325 g/mol. The maximum Gasteiger partial charge on any atom is 0.254 e. The van der Waals surface area contributed by atoms with Crippen molar-refractivity contribution >= 4 is 27.0 Å². The zero-order valence-electron chi connectivity index (χ0n) is 12.3. The van der Waals surface area contributed by atoms with Gasteiger partial charge in [0.25, 0.3) is 10.0 Å². The summed E-state index contributed by atoms with van der Waals surface area (Å²) >= 11 is 1.19. The topological polar surface area (TPSA) is 76.3 Å². The number of nitrogens with zero attached hydrogens (tertiary/aromatic N) is 2. The zero-order chi connectivity index (χ0) is 15.6. The van der Waals surface area contributed by atoms with Gasteiger partial charge in [-0.05, 0) is 38.5 Å². The number of rotatable bonds is 5. The first-order valence-corrected chi connectivity index (χ1v) is 8.85. The van der Waals surface area contributed by atoms with Gasteiger partial charge in [-0.3, -0.25) is 0 Å². The molecule has 0 aliphatic heterocycles. The van der Waals surface area contributed by atoms with Crippen LogP contribution in [0.2, 0.25) is 0 Å². The fourth-order valence-electron chi connectivity index (χ4n) is 1.99. The minimum atomic E-state index is -3.54. The van der Waals surface area contributed by atoms with Crippen LogP contribution in [0.15, 0.2) is 34.7 Å². The van der Waals surface area contributed by atoms with Gasteiger partial charge >= 0.3 is 0 Å². The van der Waals surface area contributed by atoms with Gasteiger partial charge < -0.3 is 5.73 Å². The molecule has 0 aliphatic rings. The molecule has 0 saturated carbocycles. The number of aromatic nitrogens is 1. The van der Waals surface area contributed by atoms with Crippen molar-refractivity contribution < 1.29 is 8.42 Å². The number of nitrogens with two attached hydrogens (primary N) is 1. The first kappa shape index (κ1) is 15.9. The van der Waals surface area contributed by atoms with Crippen molar-refractivity contribution in [2.45, 2.75) is 37.6 Å². The first-order chi connectivity index (χ1) is 9.80. The lowest BCUT2D eigenvalue weighted by molar-refractivity contribution is 0.349. The van der Waals surface area contributed by atoms with Crippen LogP contribution in [0.1, 0.15) is 24.4 Å². The molecular weight excluding hydrogens is 306 g/mol. The average Bonchev–Trinajstić information content (AvgIpc) is 2.83. The highest BCUT2D eigenvalue weighted by atomic mass is 32.2. The Labute approximate surface area is 129 Å². The molecule has 0 unspecified atom stereocenters. The van der Waals surface area contributed by atoms with Crippen LogP contribution < -0.4 is 5.73 Å². The molecule has 0 fully saturated rings. The van der Waals surface area contributed by atoms with E-state index >= 15 is 0 Å². The molecular formula is C14H19N3O2S2. The third-order valence-electron chi connectivity index (χ3n) is 3.03. The minimum absolute atomic E-state index is 0.154. The fourth-order valence-corrected chi connectivity index (χ4v) is 4.86. The third-order valence-corrected chi connectivity index (χ3v) is 6.40. The summed E-state index contributed by atoms with van der Waals surface area (Å²) in [6, 6.07) is 7.12. The van der Waals surface area contributed by atoms with Gasteiger partial charge in [-0.1, -0.05) is 12.1 Å². The lowest BCUT2D eigenvalue weighted by Crippen LogP contribution is -2.36. The van der Waals surface area contributed by atoms with E-state index in [1.165, 1.54) is 21.8 Å². The number of nitrogen functional groups attached to an aromatic ring is 1. The summed E-state index contributed by atoms with van der Waals surface area (Å²) in [4.78, 5) is 4.04. The molecule has 114 valence electrons. The van der Waals surface area contributed by atoms with E-state index in [-0.39, 0.29) is 10.3 Å². The Morgan fingerprint density at radius 1 is 1.38 bits per heavy atom. The molecule has 2 rings (SSSR count). The van der Waals surface area contributed by atoms with Gasteiger partial charge in [0.05, 0.1) is 11.2 Å². The SMILES string of the molecule is Cc1ncc(S(=O)(=O)N(Cc2cccc(N)c2)C(C)C)s1. The number of sulfonamides is 1. The number of thiazole rings is 1. The van der Waals surface area contributed by atoms with Crippen molar-refractivity contribution in [2.75, 3.05) is 5.73 Å². The summed E-state index contributed by atoms with van der Waals surface area (Å²) in [5, 5.41) is 0.737. The van der Waals surface area contributed by atoms with Crippen molar-refractivity contribution in [2.24, 2.45) is 0 Å². The lowest BCUT2D eigenvalue weighted by atomic mass is 10.2. The van der Waals surface area contributed by atoms with E-state index in [2.05, 4.69) is 4.98 Å². The van der Waals surface area contributed by atoms with Gasteiger partial charge in [0.1, 0.15) is 0 Å². The molecule has 0 radical (unpaired) electrons. The van der Waals surface area contributed by atoms with Gasteiger partial charge in [-0.2, -0.15) is 4.31 Å². The summed E-state index contributed by atoms with van der Waals surface area (Å²) in [5.41, 5.74) is 7.25. The Morgan fingerprint density at radius 2 is 2.10 bits per heavy atom. The second-order valence-electron chi connectivity index (χ2n) is 5.09. The standard InChI is InChI=1S/C14H19N3O2S2/c1-10(2)17(9-12-5-4-6-13(15)7-12)21(18,19)14-8-16-11(3)20-14/h4-8,10H,9,15H2,1-3H3. The van der Waals surface area contributed by atoms with Crippen molar-refractivity contribution in [1.29, 1.82) is 0 Å². The fraction of sp³-hybridized carbons (Fsp3) is 0.357. The highest BCUT2D eigenvalue weighted by Gasteiger charge is 2.28.